The van der Waals surface area contributed by atoms with Gasteiger partial charge in [0.05, 0.1) is 17.6 Å². The average molecular weight is 304 g/mol. The molecule has 0 fully saturated rings. The standard InChI is InChI=1S/C12H16N8S/c1-3-7-4-14-11(21-7)6(2)16-9-8-5-15-20-10(8)18-12(17-9)19-13/h4-6H,3,13H2,1-2H3,(H3,15,16,17,18,19,20). The number of nitrogens with two attached hydrogens (primary N) is 1. The minimum atomic E-state index is 0.0360. The lowest BCUT2D eigenvalue weighted by molar-refractivity contribution is 0.861. The molecule has 1 unspecified atom stereocenters. The van der Waals surface area contributed by atoms with Crippen LogP contribution in [0.5, 0.6) is 0 Å². The van der Waals surface area contributed by atoms with Gasteiger partial charge in [0.15, 0.2) is 5.65 Å². The van der Waals surface area contributed by atoms with Crippen LogP contribution in [-0.4, -0.2) is 25.1 Å². The lowest BCUT2D eigenvalue weighted by Gasteiger charge is -2.13. The normalized spacial score (nSPS) is 12.5. The molecule has 1 atom stereocenters. The van der Waals surface area contributed by atoms with E-state index in [-0.39, 0.29) is 6.04 Å². The van der Waals surface area contributed by atoms with Gasteiger partial charge in [-0.3, -0.25) is 10.5 Å². The maximum Gasteiger partial charge on any atom is 0.241 e. The molecule has 0 aliphatic rings. The lowest BCUT2D eigenvalue weighted by Crippen LogP contribution is -2.13. The van der Waals surface area contributed by atoms with Crippen molar-refractivity contribution in [2.24, 2.45) is 5.84 Å². The van der Waals surface area contributed by atoms with Gasteiger partial charge in [-0.1, -0.05) is 6.92 Å². The monoisotopic (exact) mass is 304 g/mol. The maximum absolute atomic E-state index is 5.39. The largest absolute Gasteiger partial charge is 0.360 e. The van der Waals surface area contributed by atoms with Gasteiger partial charge in [0.25, 0.3) is 0 Å². The summed E-state index contributed by atoms with van der Waals surface area (Å²) in [5, 5.41) is 12.0. The van der Waals surface area contributed by atoms with Crippen LogP contribution in [0.2, 0.25) is 0 Å². The van der Waals surface area contributed by atoms with Gasteiger partial charge in [-0.05, 0) is 13.3 Å². The van der Waals surface area contributed by atoms with E-state index in [9.17, 15) is 0 Å². The van der Waals surface area contributed by atoms with Crippen LogP contribution >= 0.6 is 11.3 Å². The molecule has 9 heteroatoms. The van der Waals surface area contributed by atoms with E-state index in [0.717, 1.165) is 16.8 Å². The van der Waals surface area contributed by atoms with E-state index in [1.807, 2.05) is 13.1 Å². The Morgan fingerprint density at radius 2 is 2.24 bits per heavy atom. The van der Waals surface area contributed by atoms with Gasteiger partial charge < -0.3 is 5.32 Å². The van der Waals surface area contributed by atoms with E-state index in [1.54, 1.807) is 17.5 Å². The van der Waals surface area contributed by atoms with E-state index in [4.69, 9.17) is 5.84 Å². The van der Waals surface area contributed by atoms with E-state index in [1.165, 1.54) is 4.88 Å². The van der Waals surface area contributed by atoms with Crippen molar-refractivity contribution in [1.82, 2.24) is 25.1 Å². The van der Waals surface area contributed by atoms with E-state index >= 15 is 0 Å². The molecule has 3 rings (SSSR count). The first-order valence-electron chi connectivity index (χ1n) is 6.60. The zero-order valence-electron chi connectivity index (χ0n) is 11.7. The summed E-state index contributed by atoms with van der Waals surface area (Å²) >= 11 is 1.70. The molecule has 0 amide bonds. The van der Waals surface area contributed by atoms with Crippen molar-refractivity contribution in [1.29, 1.82) is 0 Å². The topological polar surface area (TPSA) is 117 Å². The number of hydrogen-bond donors (Lipinski definition) is 4. The quantitative estimate of drug-likeness (QED) is 0.419. The highest BCUT2D eigenvalue weighted by atomic mass is 32.1. The van der Waals surface area contributed by atoms with Crippen LogP contribution in [0.1, 0.15) is 29.8 Å². The highest BCUT2D eigenvalue weighted by molar-refractivity contribution is 7.11. The van der Waals surface area contributed by atoms with Gasteiger partial charge in [-0.25, -0.2) is 10.8 Å². The zero-order valence-corrected chi connectivity index (χ0v) is 12.5. The Kier molecular flexibility index (Phi) is 3.67. The number of H-pyrrole nitrogens is 1. The molecule has 5 N–H and O–H groups in total. The Morgan fingerprint density at radius 1 is 1.38 bits per heavy atom. The van der Waals surface area contributed by atoms with Crippen LogP contribution in [0.3, 0.4) is 0 Å². The second-order valence-corrected chi connectivity index (χ2v) is 5.70. The Morgan fingerprint density at radius 3 is 2.95 bits per heavy atom. The molecule has 0 spiro atoms. The molecule has 110 valence electrons. The second kappa shape index (κ2) is 5.62. The summed E-state index contributed by atoms with van der Waals surface area (Å²) in [6, 6.07) is 0.0360. The van der Waals surface area contributed by atoms with Gasteiger partial charge in [-0.15, -0.1) is 11.3 Å². The minimum absolute atomic E-state index is 0.0360. The smallest absolute Gasteiger partial charge is 0.241 e. The van der Waals surface area contributed by atoms with Gasteiger partial charge in [0, 0.05) is 11.1 Å². The molecule has 0 bridgehead atoms. The number of rotatable bonds is 5. The summed E-state index contributed by atoms with van der Waals surface area (Å²) in [5.74, 6) is 6.39. The van der Waals surface area contributed by atoms with Crippen LogP contribution in [0.25, 0.3) is 11.0 Å². The highest BCUT2D eigenvalue weighted by Crippen LogP contribution is 2.27. The molecule has 3 aromatic heterocycles. The number of anilines is 2. The Bertz CT molecular complexity index is 749. The number of hydrogen-bond acceptors (Lipinski definition) is 8. The summed E-state index contributed by atoms with van der Waals surface area (Å²) in [4.78, 5) is 14.2. The van der Waals surface area contributed by atoms with Crippen molar-refractivity contribution in [2.45, 2.75) is 26.3 Å². The highest BCUT2D eigenvalue weighted by Gasteiger charge is 2.15. The predicted molar refractivity (Wildman–Crippen MR) is 83.0 cm³/mol. The van der Waals surface area contributed by atoms with Crippen LogP contribution in [0, 0.1) is 0 Å². The van der Waals surface area contributed by atoms with Gasteiger partial charge in [0.2, 0.25) is 5.95 Å². The molecule has 0 aromatic carbocycles. The summed E-state index contributed by atoms with van der Waals surface area (Å²) in [6.07, 6.45) is 4.59. The first-order valence-corrected chi connectivity index (χ1v) is 7.41. The van der Waals surface area contributed by atoms with Gasteiger partial charge in [-0.2, -0.15) is 15.1 Å². The SMILES string of the molecule is CCc1cnc(C(C)Nc2nc(NN)nc3[nH]ncc23)s1. The molecule has 3 heterocycles. The number of aryl methyl sites for hydroxylation is 1. The molecule has 0 radical (unpaired) electrons. The number of nitrogens with zero attached hydrogens (tertiary/aromatic N) is 4. The summed E-state index contributed by atoms with van der Waals surface area (Å²) in [6.45, 7) is 4.16. The molecular formula is C12H16N8S. The van der Waals surface area contributed by atoms with Crippen LogP contribution < -0.4 is 16.6 Å². The zero-order chi connectivity index (χ0) is 14.8. The van der Waals surface area contributed by atoms with Crippen molar-refractivity contribution < 1.29 is 0 Å². The average Bonchev–Trinajstić information content (AvgIpc) is 3.15. The predicted octanol–water partition coefficient (Wildman–Crippen LogP) is 1.83. The molecule has 0 aliphatic heterocycles. The number of thiazole rings is 1. The lowest BCUT2D eigenvalue weighted by atomic mass is 10.3. The Labute approximate surface area is 125 Å². The molecule has 0 saturated carbocycles. The van der Waals surface area contributed by atoms with Gasteiger partial charge >= 0.3 is 0 Å². The first-order chi connectivity index (χ1) is 10.2. The van der Waals surface area contributed by atoms with E-state index < -0.39 is 0 Å². The summed E-state index contributed by atoms with van der Waals surface area (Å²) < 4.78 is 0. The molecule has 0 aliphatic carbocycles. The molecule has 8 nitrogen and oxygen atoms in total. The second-order valence-electron chi connectivity index (χ2n) is 4.56. The summed E-state index contributed by atoms with van der Waals surface area (Å²) in [7, 11) is 0. The van der Waals surface area contributed by atoms with E-state index in [2.05, 4.69) is 42.8 Å². The number of aromatic nitrogens is 5. The van der Waals surface area contributed by atoms with Crippen molar-refractivity contribution in [3.8, 4) is 0 Å². The third-order valence-electron chi connectivity index (χ3n) is 3.08. The molecule has 21 heavy (non-hydrogen) atoms. The number of nitrogen functional groups attached to an aromatic ring is 1. The van der Waals surface area contributed by atoms with Crippen LogP contribution in [0.15, 0.2) is 12.4 Å². The van der Waals surface area contributed by atoms with Crippen molar-refractivity contribution in [3.05, 3.63) is 22.3 Å². The first kappa shape index (κ1) is 13.7. The number of hydrazine groups is 1. The molecule has 0 saturated heterocycles. The fourth-order valence-electron chi connectivity index (χ4n) is 1.96. The van der Waals surface area contributed by atoms with Crippen molar-refractivity contribution >= 4 is 34.1 Å². The fraction of sp³-hybridized carbons (Fsp3) is 0.333. The number of aromatic amines is 1. The number of fused-ring (bicyclic) bond motifs is 1. The van der Waals surface area contributed by atoms with E-state index in [0.29, 0.717) is 17.4 Å². The Hall–Kier alpha value is -2.26. The van der Waals surface area contributed by atoms with Gasteiger partial charge in [0.1, 0.15) is 10.8 Å². The minimum Gasteiger partial charge on any atom is -0.360 e. The van der Waals surface area contributed by atoms with Crippen LogP contribution in [0.4, 0.5) is 11.8 Å². The third-order valence-corrected chi connectivity index (χ3v) is 4.41. The molecule has 3 aromatic rings. The molecular weight excluding hydrogens is 288 g/mol. The van der Waals surface area contributed by atoms with Crippen LogP contribution in [-0.2, 0) is 6.42 Å². The third kappa shape index (κ3) is 2.65. The number of nitrogens with one attached hydrogen (secondary N) is 3. The maximum atomic E-state index is 5.39. The summed E-state index contributed by atoms with van der Waals surface area (Å²) in [5.41, 5.74) is 3.08. The van der Waals surface area contributed by atoms with Crippen molar-refractivity contribution in [2.75, 3.05) is 10.7 Å². The fourth-order valence-corrected chi connectivity index (χ4v) is 2.82. The van der Waals surface area contributed by atoms with Crippen molar-refractivity contribution in [3.63, 3.8) is 0 Å². The Balaban J connectivity index is 1.91.